The van der Waals surface area contributed by atoms with Gasteiger partial charge in [-0.05, 0) is 64.5 Å². The summed E-state index contributed by atoms with van der Waals surface area (Å²) in [5.41, 5.74) is -0.230. The van der Waals surface area contributed by atoms with Crippen molar-refractivity contribution in [1.29, 1.82) is 5.26 Å². The second kappa shape index (κ2) is 6.64. The van der Waals surface area contributed by atoms with Crippen LogP contribution in [0.5, 0.6) is 0 Å². The highest BCUT2D eigenvalue weighted by Crippen LogP contribution is 2.40. The van der Waals surface area contributed by atoms with Crippen molar-refractivity contribution >= 4 is 0 Å². The predicted octanol–water partition coefficient (Wildman–Crippen LogP) is 2.30. The van der Waals surface area contributed by atoms with Crippen LogP contribution in [0, 0.1) is 17.2 Å². The molecule has 21 heavy (non-hydrogen) atoms. The van der Waals surface area contributed by atoms with Crippen LogP contribution in [0.15, 0.2) is 0 Å². The van der Waals surface area contributed by atoms with Gasteiger partial charge < -0.3 is 9.64 Å². The molecular weight excluding hydrogens is 262 g/mol. The molecule has 4 heteroatoms. The van der Waals surface area contributed by atoms with Crippen LogP contribution >= 0.6 is 0 Å². The smallest absolute Gasteiger partial charge is 0.109 e. The van der Waals surface area contributed by atoms with Gasteiger partial charge in [-0.15, -0.1) is 0 Å². The molecule has 0 aromatic carbocycles. The Kier molecular flexibility index (Phi) is 4.83. The van der Waals surface area contributed by atoms with E-state index in [0.717, 1.165) is 32.5 Å². The Morgan fingerprint density at radius 1 is 1.29 bits per heavy atom. The van der Waals surface area contributed by atoms with E-state index in [1.807, 2.05) is 0 Å². The molecule has 2 saturated carbocycles. The minimum atomic E-state index is -0.230. The first kappa shape index (κ1) is 15.3. The summed E-state index contributed by atoms with van der Waals surface area (Å²) in [4.78, 5) is 2.40. The molecule has 3 fully saturated rings. The lowest BCUT2D eigenvalue weighted by Crippen LogP contribution is -2.49. The van der Waals surface area contributed by atoms with Gasteiger partial charge in [-0.1, -0.05) is 6.42 Å². The van der Waals surface area contributed by atoms with Crippen LogP contribution in [-0.2, 0) is 4.74 Å². The zero-order chi connectivity index (χ0) is 14.7. The number of rotatable bonds is 7. The van der Waals surface area contributed by atoms with E-state index in [0.29, 0.717) is 18.1 Å². The van der Waals surface area contributed by atoms with Crippen molar-refractivity contribution in [3.8, 4) is 6.07 Å². The standard InChI is InChI=1S/C17H29N3O/c1-20(12-16-5-3-11-21-16)10-8-14-4-2-9-17(14,13-18)19-15-6-7-15/h14-16,19H,2-12H2,1H3. The molecule has 1 saturated heterocycles. The van der Waals surface area contributed by atoms with E-state index in [9.17, 15) is 5.26 Å². The molecule has 2 aliphatic carbocycles. The van der Waals surface area contributed by atoms with Crippen LogP contribution in [-0.4, -0.2) is 49.3 Å². The van der Waals surface area contributed by atoms with Gasteiger partial charge in [0.15, 0.2) is 0 Å². The van der Waals surface area contributed by atoms with E-state index in [1.54, 1.807) is 0 Å². The Labute approximate surface area is 128 Å². The Balaban J connectivity index is 1.47. The van der Waals surface area contributed by atoms with Gasteiger partial charge in [-0.25, -0.2) is 0 Å². The highest BCUT2D eigenvalue weighted by molar-refractivity contribution is 5.16. The first-order valence-electron chi connectivity index (χ1n) is 8.71. The zero-order valence-corrected chi connectivity index (χ0v) is 13.3. The maximum atomic E-state index is 9.71. The normalized spacial score (nSPS) is 36.2. The molecule has 118 valence electrons. The van der Waals surface area contributed by atoms with Gasteiger partial charge in [-0.2, -0.15) is 5.26 Å². The van der Waals surface area contributed by atoms with Gasteiger partial charge in [0.2, 0.25) is 0 Å². The lowest BCUT2D eigenvalue weighted by molar-refractivity contribution is 0.0786. The van der Waals surface area contributed by atoms with E-state index in [1.165, 1.54) is 38.5 Å². The monoisotopic (exact) mass is 291 g/mol. The molecule has 0 aromatic heterocycles. The minimum Gasteiger partial charge on any atom is -0.377 e. The molecule has 1 heterocycles. The summed E-state index contributed by atoms with van der Waals surface area (Å²) >= 11 is 0. The van der Waals surface area contributed by atoms with Gasteiger partial charge in [0.25, 0.3) is 0 Å². The fourth-order valence-corrected chi connectivity index (χ4v) is 4.03. The topological polar surface area (TPSA) is 48.3 Å². The molecule has 3 unspecified atom stereocenters. The number of likely N-dealkylation sites (N-methyl/N-ethyl adjacent to an activating group) is 1. The van der Waals surface area contributed by atoms with E-state index < -0.39 is 0 Å². The molecule has 0 spiro atoms. The molecule has 0 amide bonds. The molecule has 3 aliphatic rings. The van der Waals surface area contributed by atoms with E-state index in [4.69, 9.17) is 4.74 Å². The second-order valence-corrected chi connectivity index (χ2v) is 7.28. The summed E-state index contributed by atoms with van der Waals surface area (Å²) in [6, 6.07) is 3.26. The number of nitriles is 1. The van der Waals surface area contributed by atoms with Crippen molar-refractivity contribution in [3.63, 3.8) is 0 Å². The van der Waals surface area contributed by atoms with Crippen molar-refractivity contribution < 1.29 is 4.74 Å². The van der Waals surface area contributed by atoms with E-state index in [2.05, 4.69) is 23.3 Å². The summed E-state index contributed by atoms with van der Waals surface area (Å²) in [6.45, 7) is 3.06. The molecule has 4 nitrogen and oxygen atoms in total. The Bertz CT molecular complexity index is 384. The lowest BCUT2D eigenvalue weighted by Gasteiger charge is -2.31. The highest BCUT2D eigenvalue weighted by atomic mass is 16.5. The predicted molar refractivity (Wildman–Crippen MR) is 82.9 cm³/mol. The summed E-state index contributed by atoms with van der Waals surface area (Å²) in [5.74, 6) is 0.523. The van der Waals surface area contributed by atoms with Gasteiger partial charge in [0.05, 0.1) is 12.2 Å². The first-order valence-corrected chi connectivity index (χ1v) is 8.71. The molecule has 3 atom stereocenters. The third-order valence-corrected chi connectivity index (χ3v) is 5.46. The van der Waals surface area contributed by atoms with Crippen molar-refractivity contribution in [2.45, 2.75) is 69.1 Å². The van der Waals surface area contributed by atoms with Crippen LogP contribution in [0.1, 0.15) is 51.4 Å². The van der Waals surface area contributed by atoms with Gasteiger partial charge in [0, 0.05) is 19.2 Å². The number of ether oxygens (including phenoxy) is 1. The zero-order valence-electron chi connectivity index (χ0n) is 13.3. The average Bonchev–Trinajstić information content (AvgIpc) is 2.98. The summed E-state index contributed by atoms with van der Waals surface area (Å²) in [7, 11) is 2.19. The van der Waals surface area contributed by atoms with Crippen molar-refractivity contribution in [2.24, 2.45) is 5.92 Å². The number of hydrogen-bond donors (Lipinski definition) is 1. The SMILES string of the molecule is CN(CCC1CCCC1(C#N)NC1CC1)CC1CCCO1. The highest BCUT2D eigenvalue weighted by Gasteiger charge is 2.45. The van der Waals surface area contributed by atoms with E-state index in [-0.39, 0.29) is 5.54 Å². The summed E-state index contributed by atoms with van der Waals surface area (Å²) in [5, 5.41) is 13.4. The van der Waals surface area contributed by atoms with Crippen molar-refractivity contribution in [3.05, 3.63) is 0 Å². The van der Waals surface area contributed by atoms with Gasteiger partial charge in [-0.3, -0.25) is 5.32 Å². The van der Waals surface area contributed by atoms with Crippen LogP contribution in [0.2, 0.25) is 0 Å². The van der Waals surface area contributed by atoms with Crippen LogP contribution in [0.3, 0.4) is 0 Å². The molecule has 3 rings (SSSR count). The van der Waals surface area contributed by atoms with Crippen LogP contribution in [0.25, 0.3) is 0 Å². The Morgan fingerprint density at radius 3 is 2.81 bits per heavy atom. The van der Waals surface area contributed by atoms with Gasteiger partial charge >= 0.3 is 0 Å². The number of nitrogens with zero attached hydrogens (tertiary/aromatic N) is 2. The summed E-state index contributed by atoms with van der Waals surface area (Å²) < 4.78 is 5.71. The molecule has 0 bridgehead atoms. The van der Waals surface area contributed by atoms with Crippen molar-refractivity contribution in [2.75, 3.05) is 26.7 Å². The summed E-state index contributed by atoms with van der Waals surface area (Å²) in [6.07, 6.45) is 9.96. The largest absolute Gasteiger partial charge is 0.377 e. The van der Waals surface area contributed by atoms with Crippen molar-refractivity contribution in [1.82, 2.24) is 10.2 Å². The first-order chi connectivity index (χ1) is 10.2. The third kappa shape index (κ3) is 3.77. The third-order valence-electron chi connectivity index (χ3n) is 5.46. The Morgan fingerprint density at radius 2 is 2.14 bits per heavy atom. The van der Waals surface area contributed by atoms with Crippen LogP contribution in [0.4, 0.5) is 0 Å². The maximum Gasteiger partial charge on any atom is 0.109 e. The van der Waals surface area contributed by atoms with Crippen LogP contribution < -0.4 is 5.32 Å². The number of hydrogen-bond acceptors (Lipinski definition) is 4. The van der Waals surface area contributed by atoms with Gasteiger partial charge in [0.1, 0.15) is 5.54 Å². The Hall–Kier alpha value is -0.630. The molecule has 1 aliphatic heterocycles. The molecule has 0 radical (unpaired) electrons. The second-order valence-electron chi connectivity index (χ2n) is 7.28. The quantitative estimate of drug-likeness (QED) is 0.782. The maximum absolute atomic E-state index is 9.71. The molecular formula is C17H29N3O. The molecule has 0 aromatic rings. The fraction of sp³-hybridized carbons (Fsp3) is 0.941. The minimum absolute atomic E-state index is 0.230. The van der Waals surface area contributed by atoms with E-state index >= 15 is 0 Å². The molecule has 1 N–H and O–H groups in total. The fourth-order valence-electron chi connectivity index (χ4n) is 4.03. The lowest BCUT2D eigenvalue weighted by atomic mass is 9.85. The number of nitrogens with one attached hydrogen (secondary N) is 1. The average molecular weight is 291 g/mol.